The molecule has 24 heavy (non-hydrogen) atoms. The van der Waals surface area contributed by atoms with E-state index < -0.39 is 0 Å². The van der Waals surface area contributed by atoms with Crippen LogP contribution in [-0.4, -0.2) is 25.5 Å². The van der Waals surface area contributed by atoms with Gasteiger partial charge in [-0.05, 0) is 37.3 Å². The lowest BCUT2D eigenvalue weighted by Gasteiger charge is -2.18. The summed E-state index contributed by atoms with van der Waals surface area (Å²) in [5, 5.41) is 7.45. The molecule has 0 saturated heterocycles. The molecule has 1 atom stereocenters. The number of nitrogens with zero attached hydrogens (tertiary/aromatic N) is 4. The van der Waals surface area contributed by atoms with Gasteiger partial charge in [0.25, 0.3) is 5.78 Å². The fraction of sp³-hybridized carbons (Fsp3) is 0.333. The summed E-state index contributed by atoms with van der Waals surface area (Å²) in [6.07, 6.45) is 5.92. The van der Waals surface area contributed by atoms with Crippen molar-refractivity contribution in [1.29, 1.82) is 0 Å². The van der Waals surface area contributed by atoms with Crippen LogP contribution < -0.4 is 5.32 Å². The van der Waals surface area contributed by atoms with E-state index in [1.807, 2.05) is 0 Å². The van der Waals surface area contributed by atoms with Crippen LogP contribution in [0.25, 0.3) is 5.78 Å². The highest BCUT2D eigenvalue weighted by Gasteiger charge is 2.33. The second-order valence-electron chi connectivity index (χ2n) is 6.36. The van der Waals surface area contributed by atoms with Crippen LogP contribution in [0.2, 0.25) is 0 Å². The smallest absolute Gasteiger partial charge is 0.252 e. The van der Waals surface area contributed by atoms with E-state index >= 15 is 0 Å². The van der Waals surface area contributed by atoms with E-state index in [1.54, 1.807) is 23.0 Å². The minimum absolute atomic E-state index is 0.0524. The Morgan fingerprint density at radius 2 is 2.12 bits per heavy atom. The van der Waals surface area contributed by atoms with Gasteiger partial charge >= 0.3 is 0 Å². The highest BCUT2D eigenvalue weighted by atomic mass is 16.1. The summed E-state index contributed by atoms with van der Waals surface area (Å²) in [6.45, 7) is 2.07. The highest BCUT2D eigenvalue weighted by Crippen LogP contribution is 2.41. The van der Waals surface area contributed by atoms with Crippen LogP contribution in [0.4, 0.5) is 0 Å². The molecule has 1 aliphatic carbocycles. The van der Waals surface area contributed by atoms with Crippen molar-refractivity contribution in [3.05, 3.63) is 59.7 Å². The monoisotopic (exact) mass is 321 g/mol. The second kappa shape index (κ2) is 6.03. The average Bonchev–Trinajstić information content (AvgIpc) is 3.33. The number of carbonyl (C=O) groups excluding carboxylic acids is 1. The highest BCUT2D eigenvalue weighted by molar-refractivity contribution is 5.78. The molecule has 1 saturated carbocycles. The van der Waals surface area contributed by atoms with Crippen LogP contribution >= 0.6 is 0 Å². The fourth-order valence-corrected chi connectivity index (χ4v) is 2.90. The fourth-order valence-electron chi connectivity index (χ4n) is 2.90. The third-order valence-electron chi connectivity index (χ3n) is 4.33. The van der Waals surface area contributed by atoms with Gasteiger partial charge in [-0.15, -0.1) is 5.10 Å². The Kier molecular flexibility index (Phi) is 3.72. The summed E-state index contributed by atoms with van der Waals surface area (Å²) in [6, 6.07) is 10.2. The normalized spacial score (nSPS) is 15.4. The molecule has 1 aromatic carbocycles. The van der Waals surface area contributed by atoms with E-state index in [0.717, 1.165) is 12.8 Å². The topological polar surface area (TPSA) is 72.2 Å². The standard InChI is InChI=1S/C18H19N5O/c1-12-3-5-13(6-4-12)17(14-7-8-14)21-16(24)11-15-20-18-19-9-2-10-23(18)22-15/h2-6,9-10,14,17H,7-8,11H2,1H3,(H,21,24)/t17-/m1/s1. The van der Waals surface area contributed by atoms with E-state index in [2.05, 4.69) is 51.6 Å². The number of fused-ring (bicyclic) bond motifs is 1. The molecule has 0 aliphatic heterocycles. The SMILES string of the molecule is Cc1ccc([C@@H](NC(=O)Cc2nc3ncccn3n2)C2CC2)cc1. The summed E-state index contributed by atoms with van der Waals surface area (Å²) < 4.78 is 1.58. The van der Waals surface area contributed by atoms with Crippen molar-refractivity contribution in [1.82, 2.24) is 24.9 Å². The third kappa shape index (κ3) is 3.13. The molecule has 6 nitrogen and oxygen atoms in total. The molecule has 0 bridgehead atoms. The first kappa shape index (κ1) is 14.8. The van der Waals surface area contributed by atoms with Crippen LogP contribution in [0.1, 0.15) is 35.8 Å². The predicted octanol–water partition coefficient (Wildman–Crippen LogP) is 2.24. The van der Waals surface area contributed by atoms with E-state index in [4.69, 9.17) is 0 Å². The minimum atomic E-state index is -0.0524. The van der Waals surface area contributed by atoms with Crippen molar-refractivity contribution in [3.63, 3.8) is 0 Å². The first-order chi connectivity index (χ1) is 11.7. The lowest BCUT2D eigenvalue weighted by Crippen LogP contribution is -2.31. The van der Waals surface area contributed by atoms with E-state index in [0.29, 0.717) is 17.5 Å². The molecule has 0 spiro atoms. The quantitative estimate of drug-likeness (QED) is 0.782. The second-order valence-corrected chi connectivity index (χ2v) is 6.36. The summed E-state index contributed by atoms with van der Waals surface area (Å²) in [5.41, 5.74) is 2.39. The van der Waals surface area contributed by atoms with Crippen LogP contribution in [0.15, 0.2) is 42.7 Å². The minimum Gasteiger partial charge on any atom is -0.349 e. The van der Waals surface area contributed by atoms with Crippen molar-refractivity contribution in [3.8, 4) is 0 Å². The average molecular weight is 321 g/mol. The predicted molar refractivity (Wildman–Crippen MR) is 89.3 cm³/mol. The Morgan fingerprint density at radius 1 is 1.33 bits per heavy atom. The number of benzene rings is 1. The lowest BCUT2D eigenvalue weighted by molar-refractivity contribution is -0.121. The number of aromatic nitrogens is 4. The van der Waals surface area contributed by atoms with Crippen molar-refractivity contribution in [2.45, 2.75) is 32.2 Å². The molecule has 2 heterocycles. The molecule has 0 radical (unpaired) electrons. The van der Waals surface area contributed by atoms with Gasteiger partial charge in [0, 0.05) is 12.4 Å². The maximum absolute atomic E-state index is 12.5. The summed E-state index contributed by atoms with van der Waals surface area (Å²) in [7, 11) is 0. The molecule has 1 fully saturated rings. The van der Waals surface area contributed by atoms with E-state index in [1.165, 1.54) is 11.1 Å². The number of rotatable bonds is 5. The molecule has 1 amide bonds. The van der Waals surface area contributed by atoms with Crippen molar-refractivity contribution < 1.29 is 4.79 Å². The van der Waals surface area contributed by atoms with Gasteiger partial charge in [0.1, 0.15) is 0 Å². The van der Waals surface area contributed by atoms with E-state index in [9.17, 15) is 4.79 Å². The van der Waals surface area contributed by atoms with Crippen molar-refractivity contribution in [2.75, 3.05) is 0 Å². The van der Waals surface area contributed by atoms with Gasteiger partial charge in [0.15, 0.2) is 5.82 Å². The molecular formula is C18H19N5O. The Morgan fingerprint density at radius 3 is 2.83 bits per heavy atom. The van der Waals surface area contributed by atoms with Gasteiger partial charge in [0.05, 0.1) is 12.5 Å². The molecule has 1 N–H and O–H groups in total. The number of hydrogen-bond acceptors (Lipinski definition) is 4. The maximum Gasteiger partial charge on any atom is 0.252 e. The van der Waals surface area contributed by atoms with Gasteiger partial charge in [-0.3, -0.25) is 4.79 Å². The first-order valence-electron chi connectivity index (χ1n) is 8.21. The molecule has 122 valence electrons. The first-order valence-corrected chi connectivity index (χ1v) is 8.21. The number of hydrogen-bond donors (Lipinski definition) is 1. The molecule has 3 aromatic rings. The summed E-state index contributed by atoms with van der Waals surface area (Å²) >= 11 is 0. The Hall–Kier alpha value is -2.76. The van der Waals surface area contributed by atoms with Crippen LogP contribution in [-0.2, 0) is 11.2 Å². The maximum atomic E-state index is 12.5. The molecule has 0 unspecified atom stereocenters. The van der Waals surface area contributed by atoms with E-state index in [-0.39, 0.29) is 18.4 Å². The van der Waals surface area contributed by atoms with Gasteiger partial charge in [-0.25, -0.2) is 9.50 Å². The largest absolute Gasteiger partial charge is 0.349 e. The Balaban J connectivity index is 1.48. The van der Waals surface area contributed by atoms with Gasteiger partial charge in [0.2, 0.25) is 5.91 Å². The number of carbonyl (C=O) groups is 1. The molecule has 6 heteroatoms. The molecular weight excluding hydrogens is 302 g/mol. The van der Waals surface area contributed by atoms with Crippen LogP contribution in [0.5, 0.6) is 0 Å². The molecule has 1 aliphatic rings. The Bertz CT molecular complexity index is 834. The summed E-state index contributed by atoms with van der Waals surface area (Å²) in [4.78, 5) is 20.9. The summed E-state index contributed by atoms with van der Waals surface area (Å²) in [5.74, 6) is 1.48. The van der Waals surface area contributed by atoms with Crippen LogP contribution in [0, 0.1) is 12.8 Å². The number of aryl methyl sites for hydroxylation is 1. The molecule has 4 rings (SSSR count). The zero-order valence-electron chi connectivity index (χ0n) is 13.5. The van der Waals surface area contributed by atoms with Crippen molar-refractivity contribution in [2.24, 2.45) is 5.92 Å². The zero-order chi connectivity index (χ0) is 16.5. The zero-order valence-corrected chi connectivity index (χ0v) is 13.5. The van der Waals surface area contributed by atoms with Crippen LogP contribution in [0.3, 0.4) is 0 Å². The van der Waals surface area contributed by atoms with Gasteiger partial charge in [-0.1, -0.05) is 29.8 Å². The van der Waals surface area contributed by atoms with Gasteiger partial charge < -0.3 is 5.32 Å². The molecule has 2 aromatic heterocycles. The van der Waals surface area contributed by atoms with Crippen molar-refractivity contribution >= 4 is 11.7 Å². The lowest BCUT2D eigenvalue weighted by atomic mass is 10.0. The Labute approximate surface area is 139 Å². The third-order valence-corrected chi connectivity index (χ3v) is 4.33. The number of amides is 1. The van der Waals surface area contributed by atoms with Gasteiger partial charge in [-0.2, -0.15) is 4.98 Å². The number of nitrogens with one attached hydrogen (secondary N) is 1.